The van der Waals surface area contributed by atoms with Gasteiger partial charge in [-0.15, -0.1) is 11.3 Å². The van der Waals surface area contributed by atoms with E-state index in [9.17, 15) is 18.9 Å². The van der Waals surface area contributed by atoms with Gasteiger partial charge in [-0.1, -0.05) is 50.1 Å². The molecule has 11 heteroatoms. The molecule has 0 bridgehead atoms. The largest absolute Gasteiger partial charge is 0.466 e. The van der Waals surface area contributed by atoms with Crippen molar-refractivity contribution in [1.82, 2.24) is 14.6 Å². The predicted octanol–water partition coefficient (Wildman–Crippen LogP) is 4.07. The van der Waals surface area contributed by atoms with E-state index in [1.807, 2.05) is 42.5 Å². The molecule has 0 aliphatic rings. The van der Waals surface area contributed by atoms with Crippen LogP contribution in [-0.2, 0) is 31.7 Å². The van der Waals surface area contributed by atoms with Crippen LogP contribution in [0.4, 0.5) is 4.79 Å². The van der Waals surface area contributed by atoms with Crippen LogP contribution in [0.15, 0.2) is 58.9 Å². The number of fused-ring (bicyclic) bond motifs is 1. The number of esters is 1. The number of aliphatic hydroxyl groups excluding tert-OH is 1. The smallest absolute Gasteiger partial charge is 0.408 e. The minimum absolute atomic E-state index is 0.0569. The number of hydrogen-bond acceptors (Lipinski definition) is 8. The molecule has 0 saturated heterocycles. The normalized spacial score (nSPS) is 14.6. The van der Waals surface area contributed by atoms with Crippen molar-refractivity contribution in [2.24, 2.45) is 0 Å². The van der Waals surface area contributed by atoms with Crippen LogP contribution >= 0.6 is 11.3 Å². The van der Waals surface area contributed by atoms with Crippen molar-refractivity contribution in [2.45, 2.75) is 62.7 Å². The molecule has 1 aromatic heterocycles. The van der Waals surface area contributed by atoms with Gasteiger partial charge in [-0.05, 0) is 43.5 Å². The molecule has 3 rings (SSSR count). The minimum Gasteiger partial charge on any atom is -0.466 e. The fourth-order valence-corrected chi connectivity index (χ4v) is 6.00. The molecule has 9 nitrogen and oxygen atoms in total. The average Bonchev–Trinajstić information content (AvgIpc) is 3.40. The van der Waals surface area contributed by atoms with E-state index >= 15 is 0 Å². The second-order valence-corrected chi connectivity index (χ2v) is 11.3. The summed E-state index contributed by atoms with van der Waals surface area (Å²) in [7, 11) is -0.320. The Bertz CT molecular complexity index is 1210. The standard InChI is InChI=1S/C27H35N3O6S2/c1-4-5-9-14-30(38(34)21-12-13-22-25(16-21)37-18-28-22)17-24(31)23(15-20-10-7-6-8-11-20)29-27(33)36-19(2)26(32)35-3/h6-8,10-13,16,18-19,23-24,31H,4-5,9,14-15,17H2,1-3H3,(H,29,33)/t19-,23+,24-,38?/m1/s1. The Morgan fingerprint density at radius 3 is 2.66 bits per heavy atom. The summed E-state index contributed by atoms with van der Waals surface area (Å²) >= 11 is 1.48. The molecule has 0 aliphatic carbocycles. The highest BCUT2D eigenvalue weighted by Crippen LogP contribution is 2.23. The quantitative estimate of drug-likeness (QED) is 0.225. The summed E-state index contributed by atoms with van der Waals surface area (Å²) in [5.74, 6) is -0.685. The van der Waals surface area contributed by atoms with Gasteiger partial charge < -0.3 is 19.9 Å². The molecule has 0 radical (unpaired) electrons. The lowest BCUT2D eigenvalue weighted by Crippen LogP contribution is -2.50. The summed E-state index contributed by atoms with van der Waals surface area (Å²) in [6, 6.07) is 14.2. The third kappa shape index (κ3) is 8.59. The monoisotopic (exact) mass is 561 g/mol. The number of methoxy groups -OCH3 is 1. The molecular formula is C27H35N3O6S2. The molecule has 1 amide bonds. The number of nitrogens with zero attached hydrogens (tertiary/aromatic N) is 2. The van der Waals surface area contributed by atoms with Crippen molar-refractivity contribution < 1.29 is 28.4 Å². The van der Waals surface area contributed by atoms with Gasteiger partial charge in [0, 0.05) is 13.1 Å². The van der Waals surface area contributed by atoms with Crippen LogP contribution in [0.3, 0.4) is 0 Å². The second kappa shape index (κ2) is 14.9. The maximum absolute atomic E-state index is 13.6. The molecule has 206 valence electrons. The zero-order chi connectivity index (χ0) is 27.5. The highest BCUT2D eigenvalue weighted by Gasteiger charge is 2.28. The zero-order valence-electron chi connectivity index (χ0n) is 21.9. The third-order valence-corrected chi connectivity index (χ3v) is 8.27. The van der Waals surface area contributed by atoms with Crippen molar-refractivity contribution in [3.8, 4) is 0 Å². The van der Waals surface area contributed by atoms with Crippen LogP contribution in [0.2, 0.25) is 0 Å². The Balaban J connectivity index is 1.79. The summed E-state index contributed by atoms with van der Waals surface area (Å²) in [5, 5.41) is 14.0. The van der Waals surface area contributed by atoms with Gasteiger partial charge in [-0.25, -0.2) is 23.1 Å². The molecule has 0 aliphatic heterocycles. The lowest BCUT2D eigenvalue weighted by atomic mass is 10.0. The van der Waals surface area contributed by atoms with Crippen molar-refractivity contribution >= 4 is 44.6 Å². The lowest BCUT2D eigenvalue weighted by molar-refractivity contribution is -0.149. The van der Waals surface area contributed by atoms with E-state index in [0.29, 0.717) is 17.9 Å². The van der Waals surface area contributed by atoms with Crippen LogP contribution < -0.4 is 5.32 Å². The maximum atomic E-state index is 13.6. The van der Waals surface area contributed by atoms with Gasteiger partial charge in [0.2, 0.25) is 0 Å². The molecule has 1 heterocycles. The first-order chi connectivity index (χ1) is 18.3. The first kappa shape index (κ1) is 29.7. The van der Waals surface area contributed by atoms with Gasteiger partial charge in [0.15, 0.2) is 6.10 Å². The van der Waals surface area contributed by atoms with Crippen LogP contribution in [-0.4, -0.2) is 69.1 Å². The van der Waals surface area contributed by atoms with Crippen molar-refractivity contribution in [3.05, 3.63) is 59.6 Å². The fraction of sp³-hybridized carbons (Fsp3) is 0.444. The maximum Gasteiger partial charge on any atom is 0.408 e. The van der Waals surface area contributed by atoms with Crippen molar-refractivity contribution in [1.29, 1.82) is 0 Å². The molecule has 3 aromatic rings. The number of ether oxygens (including phenoxy) is 2. The number of nitrogens with one attached hydrogen (secondary N) is 1. The number of benzene rings is 2. The molecule has 1 unspecified atom stereocenters. The first-order valence-electron chi connectivity index (χ1n) is 12.6. The topological polar surface area (TPSA) is 118 Å². The van der Waals surface area contributed by atoms with Crippen LogP contribution in [0, 0.1) is 0 Å². The average molecular weight is 562 g/mol. The number of alkyl carbamates (subject to hydrolysis) is 1. The number of rotatable bonds is 14. The highest BCUT2D eigenvalue weighted by molar-refractivity contribution is 7.82. The fourth-order valence-electron chi connectivity index (χ4n) is 3.92. The number of amides is 1. The van der Waals surface area contributed by atoms with Crippen LogP contribution in [0.25, 0.3) is 10.2 Å². The van der Waals surface area contributed by atoms with E-state index in [-0.39, 0.29) is 6.54 Å². The number of unbranched alkanes of at least 4 members (excludes halogenated alkanes) is 2. The van der Waals surface area contributed by atoms with E-state index in [1.165, 1.54) is 25.4 Å². The third-order valence-electron chi connectivity index (χ3n) is 6.02. The molecule has 2 N–H and O–H groups in total. The van der Waals surface area contributed by atoms with Gasteiger partial charge in [-0.2, -0.15) is 0 Å². The Morgan fingerprint density at radius 1 is 1.18 bits per heavy atom. The van der Waals surface area contributed by atoms with Gasteiger partial charge in [-0.3, -0.25) is 0 Å². The van der Waals surface area contributed by atoms with Crippen LogP contribution in [0.5, 0.6) is 0 Å². The van der Waals surface area contributed by atoms with E-state index in [4.69, 9.17) is 4.74 Å². The Morgan fingerprint density at radius 2 is 1.95 bits per heavy atom. The van der Waals surface area contributed by atoms with Crippen molar-refractivity contribution in [2.75, 3.05) is 20.2 Å². The molecular weight excluding hydrogens is 526 g/mol. The van der Waals surface area contributed by atoms with Gasteiger partial charge >= 0.3 is 12.1 Å². The Labute approximate surface area is 229 Å². The number of thiazole rings is 1. The molecule has 2 aromatic carbocycles. The van der Waals surface area contributed by atoms with Gasteiger partial charge in [0.25, 0.3) is 0 Å². The number of aliphatic hydroxyl groups is 1. The summed E-state index contributed by atoms with van der Waals surface area (Å²) in [6.07, 6.45) is 0.0544. The lowest BCUT2D eigenvalue weighted by Gasteiger charge is -2.29. The highest BCUT2D eigenvalue weighted by atomic mass is 32.2. The Hall–Kier alpha value is -2.86. The van der Waals surface area contributed by atoms with E-state index < -0.39 is 41.3 Å². The van der Waals surface area contributed by atoms with Crippen molar-refractivity contribution in [3.63, 3.8) is 0 Å². The van der Waals surface area contributed by atoms with E-state index in [0.717, 1.165) is 35.0 Å². The SMILES string of the molecule is CCCCCN(C[C@@H](O)[C@H](Cc1ccccc1)NC(=O)O[C@H](C)C(=O)OC)S(=O)c1ccc2ncsc2c1. The molecule has 0 spiro atoms. The second-order valence-electron chi connectivity index (χ2n) is 8.90. The van der Waals surface area contributed by atoms with E-state index in [2.05, 4.69) is 22.0 Å². The predicted molar refractivity (Wildman–Crippen MR) is 148 cm³/mol. The van der Waals surface area contributed by atoms with Gasteiger partial charge in [0.05, 0.1) is 39.9 Å². The summed E-state index contributed by atoms with van der Waals surface area (Å²) < 4.78 is 26.1. The summed E-state index contributed by atoms with van der Waals surface area (Å²) in [5.41, 5.74) is 3.49. The van der Waals surface area contributed by atoms with Crippen LogP contribution in [0.1, 0.15) is 38.7 Å². The number of carbonyl (C=O) groups excluding carboxylic acids is 2. The Kier molecular flexibility index (Phi) is 11.7. The zero-order valence-corrected chi connectivity index (χ0v) is 23.5. The van der Waals surface area contributed by atoms with E-state index in [1.54, 1.807) is 15.9 Å². The summed E-state index contributed by atoms with van der Waals surface area (Å²) in [6.45, 7) is 4.07. The minimum atomic E-state index is -1.53. The summed E-state index contributed by atoms with van der Waals surface area (Å²) in [4.78, 5) is 29.2. The molecule has 0 saturated carbocycles. The molecule has 38 heavy (non-hydrogen) atoms. The molecule has 0 fully saturated rings. The molecule has 4 atom stereocenters. The number of hydrogen-bond donors (Lipinski definition) is 2. The first-order valence-corrected chi connectivity index (χ1v) is 14.6. The number of aromatic nitrogens is 1. The number of carbonyl (C=O) groups is 2. The van der Waals surface area contributed by atoms with Gasteiger partial charge in [0.1, 0.15) is 11.0 Å².